The van der Waals surface area contributed by atoms with Crippen LogP contribution in [0.2, 0.25) is 0 Å². The molecule has 1 aromatic carbocycles. The van der Waals surface area contributed by atoms with Crippen LogP contribution in [0.5, 0.6) is 5.75 Å². The van der Waals surface area contributed by atoms with Gasteiger partial charge in [-0.1, -0.05) is 26.0 Å². The number of ether oxygens (including phenoxy) is 1. The van der Waals surface area contributed by atoms with Gasteiger partial charge in [0.2, 0.25) is 0 Å². The number of amides is 2. The molecule has 2 unspecified atom stereocenters. The van der Waals surface area contributed by atoms with Crippen molar-refractivity contribution in [3.05, 3.63) is 35.5 Å². The SMILES string of the molecule is CCOc1ccc(C2=C(N3CC(C)CC(C)C3)C(=O)N(CC)C2=O)cc1. The summed E-state index contributed by atoms with van der Waals surface area (Å²) in [6.07, 6.45) is 1.15. The number of likely N-dealkylation sites (N-methyl/N-ethyl adjacent to an activating group) is 1. The third-order valence-electron chi connectivity index (χ3n) is 5.10. The number of hydrogen-bond donors (Lipinski definition) is 0. The lowest BCUT2D eigenvalue weighted by atomic mass is 9.91. The quantitative estimate of drug-likeness (QED) is 0.761. The highest BCUT2D eigenvalue weighted by molar-refractivity contribution is 6.35. The van der Waals surface area contributed by atoms with Gasteiger partial charge < -0.3 is 9.64 Å². The van der Waals surface area contributed by atoms with Crippen molar-refractivity contribution in [3.8, 4) is 5.75 Å². The van der Waals surface area contributed by atoms with E-state index in [1.165, 1.54) is 4.90 Å². The second kappa shape index (κ2) is 7.52. The molecule has 2 heterocycles. The maximum Gasteiger partial charge on any atom is 0.277 e. The lowest BCUT2D eigenvalue weighted by Crippen LogP contribution is -2.41. The van der Waals surface area contributed by atoms with Gasteiger partial charge in [0.1, 0.15) is 11.4 Å². The van der Waals surface area contributed by atoms with E-state index in [9.17, 15) is 9.59 Å². The standard InChI is InChI=1S/C21H28N2O3/c1-5-23-20(24)18(16-7-9-17(10-8-16)26-6-2)19(21(23)25)22-12-14(3)11-15(4)13-22/h7-10,14-15H,5-6,11-13H2,1-4H3. The second-order valence-electron chi connectivity index (χ2n) is 7.39. The van der Waals surface area contributed by atoms with Gasteiger partial charge in [0, 0.05) is 19.6 Å². The highest BCUT2D eigenvalue weighted by Gasteiger charge is 2.42. The first-order chi connectivity index (χ1) is 12.5. The molecular weight excluding hydrogens is 328 g/mol. The van der Waals surface area contributed by atoms with Gasteiger partial charge in [0.15, 0.2) is 0 Å². The summed E-state index contributed by atoms with van der Waals surface area (Å²) < 4.78 is 5.50. The van der Waals surface area contributed by atoms with Crippen LogP contribution in [0.15, 0.2) is 30.0 Å². The molecule has 0 radical (unpaired) electrons. The third-order valence-corrected chi connectivity index (χ3v) is 5.10. The molecule has 3 rings (SSSR count). The van der Waals surface area contributed by atoms with Crippen molar-refractivity contribution < 1.29 is 14.3 Å². The molecule has 2 atom stereocenters. The molecule has 0 aliphatic carbocycles. The largest absolute Gasteiger partial charge is 0.494 e. The normalized spacial score (nSPS) is 23.8. The van der Waals surface area contributed by atoms with Gasteiger partial charge in [-0.15, -0.1) is 0 Å². The summed E-state index contributed by atoms with van der Waals surface area (Å²) in [4.78, 5) is 29.4. The molecule has 26 heavy (non-hydrogen) atoms. The average molecular weight is 356 g/mol. The number of benzene rings is 1. The predicted molar refractivity (Wildman–Crippen MR) is 101 cm³/mol. The Morgan fingerprint density at radius 2 is 1.62 bits per heavy atom. The first-order valence-electron chi connectivity index (χ1n) is 9.54. The Morgan fingerprint density at radius 3 is 2.15 bits per heavy atom. The summed E-state index contributed by atoms with van der Waals surface area (Å²) in [5, 5.41) is 0. The number of nitrogens with zero attached hydrogens (tertiary/aromatic N) is 2. The first-order valence-corrected chi connectivity index (χ1v) is 9.54. The first kappa shape index (κ1) is 18.5. The molecule has 1 aromatic rings. The Morgan fingerprint density at radius 1 is 1.00 bits per heavy atom. The van der Waals surface area contributed by atoms with Crippen LogP contribution < -0.4 is 4.74 Å². The minimum atomic E-state index is -0.192. The Balaban J connectivity index is 2.04. The maximum atomic E-state index is 13.0. The highest BCUT2D eigenvalue weighted by atomic mass is 16.5. The van der Waals surface area contributed by atoms with E-state index in [0.29, 0.717) is 36.3 Å². The van der Waals surface area contributed by atoms with Gasteiger partial charge in [0.05, 0.1) is 12.2 Å². The number of imide groups is 1. The van der Waals surface area contributed by atoms with Gasteiger partial charge in [-0.25, -0.2) is 0 Å². The fraction of sp³-hybridized carbons (Fsp3) is 0.524. The number of carbonyl (C=O) groups excluding carboxylic acids is 2. The van der Waals surface area contributed by atoms with E-state index in [4.69, 9.17) is 4.74 Å². The number of carbonyl (C=O) groups is 2. The van der Waals surface area contributed by atoms with Crippen molar-refractivity contribution in [1.29, 1.82) is 0 Å². The topological polar surface area (TPSA) is 49.9 Å². The number of rotatable bonds is 5. The van der Waals surface area contributed by atoms with Crippen molar-refractivity contribution in [2.24, 2.45) is 11.8 Å². The molecule has 1 fully saturated rings. The van der Waals surface area contributed by atoms with Gasteiger partial charge in [0.25, 0.3) is 11.8 Å². The van der Waals surface area contributed by atoms with Crippen LogP contribution in [0.1, 0.15) is 39.7 Å². The van der Waals surface area contributed by atoms with Crippen LogP contribution in [-0.2, 0) is 9.59 Å². The van der Waals surface area contributed by atoms with Crippen molar-refractivity contribution in [2.75, 3.05) is 26.2 Å². The predicted octanol–water partition coefficient (Wildman–Crippen LogP) is 3.16. The molecule has 1 saturated heterocycles. The molecule has 2 aliphatic heterocycles. The summed E-state index contributed by atoms with van der Waals surface area (Å²) in [6.45, 7) is 10.8. The lowest BCUT2D eigenvalue weighted by molar-refractivity contribution is -0.137. The van der Waals surface area contributed by atoms with Gasteiger partial charge >= 0.3 is 0 Å². The minimum absolute atomic E-state index is 0.164. The van der Waals surface area contributed by atoms with Crippen LogP contribution in [-0.4, -0.2) is 47.9 Å². The van der Waals surface area contributed by atoms with Crippen LogP contribution in [0.4, 0.5) is 0 Å². The Bertz CT molecular complexity index is 713. The van der Waals surface area contributed by atoms with Gasteiger partial charge in [-0.2, -0.15) is 0 Å². The fourth-order valence-electron chi connectivity index (χ4n) is 4.13. The molecule has 0 spiro atoms. The second-order valence-corrected chi connectivity index (χ2v) is 7.39. The summed E-state index contributed by atoms with van der Waals surface area (Å²) in [7, 11) is 0. The molecule has 5 heteroatoms. The Labute approximate surface area is 155 Å². The lowest BCUT2D eigenvalue weighted by Gasteiger charge is -2.37. The molecule has 140 valence electrons. The fourth-order valence-corrected chi connectivity index (χ4v) is 4.13. The van der Waals surface area contributed by atoms with Crippen molar-refractivity contribution in [1.82, 2.24) is 9.80 Å². The molecular formula is C21H28N2O3. The molecule has 2 aliphatic rings. The highest BCUT2D eigenvalue weighted by Crippen LogP contribution is 2.35. The van der Waals surface area contributed by atoms with Crippen molar-refractivity contribution in [3.63, 3.8) is 0 Å². The maximum absolute atomic E-state index is 13.0. The molecule has 0 N–H and O–H groups in total. The Hall–Kier alpha value is -2.30. The number of hydrogen-bond acceptors (Lipinski definition) is 4. The van der Waals surface area contributed by atoms with Gasteiger partial charge in [-0.05, 0) is 49.8 Å². The number of piperidine rings is 1. The van der Waals surface area contributed by atoms with E-state index < -0.39 is 0 Å². The van der Waals surface area contributed by atoms with E-state index >= 15 is 0 Å². The van der Waals surface area contributed by atoms with Crippen LogP contribution >= 0.6 is 0 Å². The third kappa shape index (κ3) is 3.35. The monoisotopic (exact) mass is 356 g/mol. The molecule has 5 nitrogen and oxygen atoms in total. The van der Waals surface area contributed by atoms with Crippen molar-refractivity contribution in [2.45, 2.75) is 34.1 Å². The molecule has 2 amide bonds. The van der Waals surface area contributed by atoms with Gasteiger partial charge in [-0.3, -0.25) is 14.5 Å². The van der Waals surface area contributed by atoms with Crippen molar-refractivity contribution >= 4 is 17.4 Å². The Kier molecular flexibility index (Phi) is 5.35. The smallest absolute Gasteiger partial charge is 0.277 e. The van der Waals surface area contributed by atoms with E-state index in [0.717, 1.165) is 30.8 Å². The van der Waals surface area contributed by atoms with E-state index in [-0.39, 0.29) is 11.8 Å². The number of likely N-dealkylation sites (tertiary alicyclic amines) is 1. The zero-order valence-electron chi connectivity index (χ0n) is 16.1. The zero-order chi connectivity index (χ0) is 18.8. The van der Waals surface area contributed by atoms with E-state index in [1.807, 2.05) is 38.1 Å². The average Bonchev–Trinajstić information content (AvgIpc) is 2.85. The zero-order valence-corrected chi connectivity index (χ0v) is 16.1. The van der Waals surface area contributed by atoms with E-state index in [1.54, 1.807) is 0 Å². The van der Waals surface area contributed by atoms with E-state index in [2.05, 4.69) is 18.7 Å². The summed E-state index contributed by atoms with van der Waals surface area (Å²) in [5.41, 5.74) is 1.88. The van der Waals surface area contributed by atoms with Crippen LogP contribution in [0.25, 0.3) is 5.57 Å². The molecule has 0 saturated carbocycles. The summed E-state index contributed by atoms with van der Waals surface area (Å²) in [5.74, 6) is 1.42. The van der Waals surface area contributed by atoms with Crippen LogP contribution in [0.3, 0.4) is 0 Å². The summed E-state index contributed by atoms with van der Waals surface area (Å²) >= 11 is 0. The minimum Gasteiger partial charge on any atom is -0.494 e. The molecule has 0 aromatic heterocycles. The summed E-state index contributed by atoms with van der Waals surface area (Å²) in [6, 6.07) is 7.47. The van der Waals surface area contributed by atoms with Crippen LogP contribution in [0, 0.1) is 11.8 Å². The molecule has 0 bridgehead atoms.